The molecular formula is C21H22N2O2. The maximum absolute atomic E-state index is 13.1. The van der Waals surface area contributed by atoms with Crippen molar-refractivity contribution in [2.24, 2.45) is 5.92 Å². The van der Waals surface area contributed by atoms with Gasteiger partial charge in [-0.2, -0.15) is 0 Å². The van der Waals surface area contributed by atoms with Gasteiger partial charge in [-0.05, 0) is 36.5 Å². The minimum atomic E-state index is -0.202. The van der Waals surface area contributed by atoms with E-state index in [2.05, 4.69) is 0 Å². The molecule has 3 aromatic rings. The van der Waals surface area contributed by atoms with Gasteiger partial charge in [-0.1, -0.05) is 55.3 Å². The normalized spacial score (nSPS) is 15.0. The largest absolute Gasteiger partial charge is 0.331 e. The van der Waals surface area contributed by atoms with Gasteiger partial charge >= 0.3 is 5.69 Å². The number of hydrogen-bond acceptors (Lipinski definition) is 2. The predicted octanol–water partition coefficient (Wildman–Crippen LogP) is 3.40. The van der Waals surface area contributed by atoms with Crippen molar-refractivity contribution in [2.45, 2.75) is 38.8 Å². The van der Waals surface area contributed by atoms with Crippen molar-refractivity contribution in [3.8, 4) is 0 Å². The van der Waals surface area contributed by atoms with Crippen LogP contribution in [0, 0.1) is 5.92 Å². The van der Waals surface area contributed by atoms with E-state index in [0.717, 1.165) is 11.1 Å². The highest BCUT2D eigenvalue weighted by Crippen LogP contribution is 2.26. The molecule has 1 fully saturated rings. The molecule has 0 N–H and O–H groups in total. The summed E-state index contributed by atoms with van der Waals surface area (Å²) in [6, 6.07) is 17.2. The topological polar surface area (TPSA) is 44.0 Å². The Morgan fingerprint density at radius 2 is 1.52 bits per heavy atom. The number of nitrogens with zero attached hydrogens (tertiary/aromatic N) is 2. The Hall–Kier alpha value is -2.62. The summed E-state index contributed by atoms with van der Waals surface area (Å²) in [4.78, 5) is 26.0. The van der Waals surface area contributed by atoms with E-state index in [1.54, 1.807) is 0 Å². The van der Waals surface area contributed by atoms with Crippen molar-refractivity contribution >= 4 is 10.9 Å². The van der Waals surface area contributed by atoms with Gasteiger partial charge in [-0.3, -0.25) is 13.9 Å². The molecule has 2 aromatic carbocycles. The molecule has 1 aromatic heterocycles. The molecule has 0 atom stereocenters. The Labute approximate surface area is 146 Å². The Morgan fingerprint density at radius 1 is 0.840 bits per heavy atom. The monoisotopic (exact) mass is 334 g/mol. The van der Waals surface area contributed by atoms with Crippen LogP contribution in [0.5, 0.6) is 0 Å². The van der Waals surface area contributed by atoms with E-state index in [0.29, 0.717) is 24.4 Å². The Morgan fingerprint density at radius 3 is 2.28 bits per heavy atom. The summed E-state index contributed by atoms with van der Waals surface area (Å²) >= 11 is 0. The minimum absolute atomic E-state index is 0.195. The molecule has 4 heteroatoms. The highest BCUT2D eigenvalue weighted by Gasteiger charge is 2.19. The van der Waals surface area contributed by atoms with Gasteiger partial charge in [0.2, 0.25) is 0 Å². The molecule has 25 heavy (non-hydrogen) atoms. The molecule has 1 aliphatic carbocycles. The van der Waals surface area contributed by atoms with E-state index < -0.39 is 0 Å². The molecule has 4 rings (SSSR count). The maximum atomic E-state index is 13.1. The zero-order valence-corrected chi connectivity index (χ0v) is 14.2. The Balaban J connectivity index is 1.87. The summed E-state index contributed by atoms with van der Waals surface area (Å²) in [5.41, 5.74) is 1.32. The van der Waals surface area contributed by atoms with E-state index in [1.807, 2.05) is 59.2 Å². The van der Waals surface area contributed by atoms with Crippen LogP contribution >= 0.6 is 0 Å². The van der Waals surface area contributed by atoms with Gasteiger partial charge in [0, 0.05) is 6.54 Å². The van der Waals surface area contributed by atoms with Crippen LogP contribution in [0.15, 0.2) is 64.2 Å². The number of hydrogen-bond donors (Lipinski definition) is 0. The summed E-state index contributed by atoms with van der Waals surface area (Å²) < 4.78 is 3.20. The first kappa shape index (κ1) is 15.9. The second-order valence-corrected chi connectivity index (χ2v) is 6.94. The third kappa shape index (κ3) is 3.04. The van der Waals surface area contributed by atoms with Crippen LogP contribution in [0.1, 0.15) is 31.2 Å². The minimum Gasteiger partial charge on any atom is -0.293 e. The molecule has 0 spiro atoms. The molecule has 0 radical (unpaired) electrons. The molecular weight excluding hydrogens is 312 g/mol. The van der Waals surface area contributed by atoms with Crippen molar-refractivity contribution in [1.29, 1.82) is 0 Å². The molecule has 0 aliphatic heterocycles. The first-order chi connectivity index (χ1) is 12.2. The second-order valence-electron chi connectivity index (χ2n) is 6.94. The predicted molar refractivity (Wildman–Crippen MR) is 100.0 cm³/mol. The fourth-order valence-electron chi connectivity index (χ4n) is 3.90. The zero-order chi connectivity index (χ0) is 17.2. The lowest BCUT2D eigenvalue weighted by Crippen LogP contribution is -2.41. The lowest BCUT2D eigenvalue weighted by Gasteiger charge is -2.17. The van der Waals surface area contributed by atoms with E-state index in [9.17, 15) is 9.59 Å². The van der Waals surface area contributed by atoms with Gasteiger partial charge in [-0.25, -0.2) is 4.79 Å². The van der Waals surface area contributed by atoms with Crippen molar-refractivity contribution in [3.05, 3.63) is 81.0 Å². The summed E-state index contributed by atoms with van der Waals surface area (Å²) in [6.07, 6.45) is 4.80. The summed E-state index contributed by atoms with van der Waals surface area (Å²) in [5.74, 6) is 0.531. The summed E-state index contributed by atoms with van der Waals surface area (Å²) in [7, 11) is 0. The van der Waals surface area contributed by atoms with Crippen molar-refractivity contribution in [3.63, 3.8) is 0 Å². The van der Waals surface area contributed by atoms with E-state index in [-0.39, 0.29) is 11.2 Å². The SMILES string of the molecule is O=c1c2ccccc2n(CC2CCCC2)c(=O)n1Cc1ccccc1. The van der Waals surface area contributed by atoms with Crippen LogP contribution in [0.2, 0.25) is 0 Å². The molecule has 0 saturated heterocycles. The highest BCUT2D eigenvalue weighted by atomic mass is 16.2. The average Bonchev–Trinajstić information content (AvgIpc) is 3.16. The molecule has 128 valence electrons. The number of fused-ring (bicyclic) bond motifs is 1. The van der Waals surface area contributed by atoms with Crippen LogP contribution in [0.25, 0.3) is 10.9 Å². The van der Waals surface area contributed by atoms with E-state index in [4.69, 9.17) is 0 Å². The Bertz CT molecular complexity index is 996. The standard InChI is InChI=1S/C21H22N2O2/c24-20-18-12-6-7-13-19(18)22(14-16-10-4-5-11-16)21(25)23(20)15-17-8-2-1-3-9-17/h1-3,6-9,12-13,16H,4-5,10-11,14-15H2. The van der Waals surface area contributed by atoms with Gasteiger partial charge < -0.3 is 0 Å². The van der Waals surface area contributed by atoms with Crippen LogP contribution in [0.3, 0.4) is 0 Å². The molecule has 0 bridgehead atoms. The van der Waals surface area contributed by atoms with Gasteiger partial charge in [0.1, 0.15) is 0 Å². The van der Waals surface area contributed by atoms with Crippen LogP contribution in [0.4, 0.5) is 0 Å². The van der Waals surface area contributed by atoms with Gasteiger partial charge in [0.25, 0.3) is 5.56 Å². The molecule has 0 amide bonds. The summed E-state index contributed by atoms with van der Waals surface area (Å²) in [6.45, 7) is 1.02. The van der Waals surface area contributed by atoms with E-state index in [1.165, 1.54) is 30.3 Å². The first-order valence-electron chi connectivity index (χ1n) is 9.00. The molecule has 1 heterocycles. The number of para-hydroxylation sites is 1. The molecule has 1 saturated carbocycles. The lowest BCUT2D eigenvalue weighted by atomic mass is 10.1. The first-order valence-corrected chi connectivity index (χ1v) is 9.00. The number of aromatic nitrogens is 2. The zero-order valence-electron chi connectivity index (χ0n) is 14.2. The average molecular weight is 334 g/mol. The quantitative estimate of drug-likeness (QED) is 0.734. The third-order valence-electron chi connectivity index (χ3n) is 5.23. The molecule has 0 unspecified atom stereocenters. The van der Waals surface area contributed by atoms with Crippen LogP contribution in [-0.4, -0.2) is 9.13 Å². The fraction of sp³-hybridized carbons (Fsp3) is 0.333. The molecule has 4 nitrogen and oxygen atoms in total. The van der Waals surface area contributed by atoms with Crippen molar-refractivity contribution < 1.29 is 0 Å². The highest BCUT2D eigenvalue weighted by molar-refractivity contribution is 5.77. The van der Waals surface area contributed by atoms with Crippen molar-refractivity contribution in [2.75, 3.05) is 0 Å². The second kappa shape index (κ2) is 6.71. The Kier molecular flexibility index (Phi) is 4.26. The van der Waals surface area contributed by atoms with Crippen molar-refractivity contribution in [1.82, 2.24) is 9.13 Å². The van der Waals surface area contributed by atoms with E-state index >= 15 is 0 Å². The van der Waals surface area contributed by atoms with Gasteiger partial charge in [0.15, 0.2) is 0 Å². The summed E-state index contributed by atoms with van der Waals surface area (Å²) in [5, 5.41) is 0.621. The maximum Gasteiger partial charge on any atom is 0.331 e. The third-order valence-corrected chi connectivity index (χ3v) is 5.23. The fourth-order valence-corrected chi connectivity index (χ4v) is 3.90. The number of rotatable bonds is 4. The molecule has 1 aliphatic rings. The van der Waals surface area contributed by atoms with Crippen LogP contribution in [-0.2, 0) is 13.1 Å². The lowest BCUT2D eigenvalue weighted by molar-refractivity contribution is 0.443. The smallest absolute Gasteiger partial charge is 0.293 e. The van der Waals surface area contributed by atoms with Gasteiger partial charge in [-0.15, -0.1) is 0 Å². The van der Waals surface area contributed by atoms with Crippen LogP contribution < -0.4 is 11.2 Å². The number of benzene rings is 2. The van der Waals surface area contributed by atoms with Gasteiger partial charge in [0.05, 0.1) is 17.4 Å².